The van der Waals surface area contributed by atoms with E-state index in [1.165, 1.54) is 13.2 Å². The van der Waals surface area contributed by atoms with Crippen LogP contribution in [-0.4, -0.2) is 56.3 Å². The number of nitrogens with zero attached hydrogens (tertiary/aromatic N) is 1. The molecule has 0 aromatic heterocycles. The molecule has 1 aliphatic rings. The lowest BCUT2D eigenvalue weighted by Crippen LogP contribution is -2.46. The minimum Gasteiger partial charge on any atom is -0.494 e. The summed E-state index contributed by atoms with van der Waals surface area (Å²) >= 11 is 0. The molecule has 1 N–H and O–H groups in total. The first-order valence-corrected chi connectivity index (χ1v) is 8.45. The molecule has 1 aliphatic heterocycles. The molecular formula is C18H27FN2O3. The van der Waals surface area contributed by atoms with Crippen molar-refractivity contribution in [3.63, 3.8) is 0 Å². The van der Waals surface area contributed by atoms with Crippen molar-refractivity contribution < 1.29 is 18.7 Å². The third kappa shape index (κ3) is 5.76. The van der Waals surface area contributed by atoms with E-state index >= 15 is 0 Å². The van der Waals surface area contributed by atoms with Crippen LogP contribution in [0.5, 0.6) is 5.75 Å². The molecule has 1 amide bonds. The van der Waals surface area contributed by atoms with Crippen molar-refractivity contribution in [3.8, 4) is 5.75 Å². The number of halogens is 1. The van der Waals surface area contributed by atoms with Crippen molar-refractivity contribution in [2.45, 2.75) is 38.9 Å². The summed E-state index contributed by atoms with van der Waals surface area (Å²) in [7, 11) is 1.42. The summed E-state index contributed by atoms with van der Waals surface area (Å²) in [6.45, 7) is 7.59. The predicted molar refractivity (Wildman–Crippen MR) is 90.7 cm³/mol. The fourth-order valence-electron chi connectivity index (χ4n) is 3.07. The van der Waals surface area contributed by atoms with Crippen LogP contribution in [0.15, 0.2) is 18.2 Å². The Morgan fingerprint density at radius 3 is 2.71 bits per heavy atom. The molecule has 1 heterocycles. The summed E-state index contributed by atoms with van der Waals surface area (Å²) in [6, 6.07) is 4.59. The summed E-state index contributed by atoms with van der Waals surface area (Å²) in [4.78, 5) is 14.3. The molecule has 1 saturated heterocycles. The van der Waals surface area contributed by atoms with E-state index < -0.39 is 5.82 Å². The molecule has 0 bridgehead atoms. The second kappa shape index (κ2) is 8.99. The average molecular weight is 338 g/mol. The van der Waals surface area contributed by atoms with Gasteiger partial charge in [0, 0.05) is 26.2 Å². The smallest absolute Gasteiger partial charge is 0.224 e. The third-order valence-electron chi connectivity index (χ3n) is 4.05. The molecule has 6 heteroatoms. The first-order valence-electron chi connectivity index (χ1n) is 8.45. The molecule has 1 fully saturated rings. The molecule has 0 aliphatic carbocycles. The Labute approximate surface area is 143 Å². The van der Waals surface area contributed by atoms with Crippen LogP contribution >= 0.6 is 0 Å². The van der Waals surface area contributed by atoms with Crippen LogP contribution in [0.2, 0.25) is 0 Å². The van der Waals surface area contributed by atoms with Crippen LogP contribution in [0.25, 0.3) is 0 Å². The van der Waals surface area contributed by atoms with Gasteiger partial charge >= 0.3 is 0 Å². The number of hydrogen-bond acceptors (Lipinski definition) is 4. The van der Waals surface area contributed by atoms with Crippen LogP contribution < -0.4 is 10.1 Å². The molecule has 0 saturated carbocycles. The van der Waals surface area contributed by atoms with Crippen molar-refractivity contribution in [2.24, 2.45) is 0 Å². The first kappa shape index (κ1) is 18.7. The van der Waals surface area contributed by atoms with Crippen molar-refractivity contribution in [1.82, 2.24) is 10.2 Å². The second-order valence-corrected chi connectivity index (χ2v) is 6.37. The molecule has 1 aromatic carbocycles. The number of carbonyl (C=O) groups is 1. The van der Waals surface area contributed by atoms with E-state index in [9.17, 15) is 9.18 Å². The fourth-order valence-corrected chi connectivity index (χ4v) is 3.07. The van der Waals surface area contributed by atoms with Crippen molar-refractivity contribution >= 4 is 5.91 Å². The van der Waals surface area contributed by atoms with E-state index in [1.807, 2.05) is 0 Å². The van der Waals surface area contributed by atoms with Crippen LogP contribution in [0.4, 0.5) is 4.39 Å². The van der Waals surface area contributed by atoms with Crippen LogP contribution in [0, 0.1) is 5.82 Å². The Hall–Kier alpha value is -1.66. The maximum absolute atomic E-state index is 13.6. The zero-order valence-corrected chi connectivity index (χ0v) is 14.7. The zero-order chi connectivity index (χ0) is 17.5. The summed E-state index contributed by atoms with van der Waals surface area (Å²) in [5, 5.41) is 2.89. The molecule has 1 aromatic rings. The molecule has 24 heavy (non-hydrogen) atoms. The number of benzene rings is 1. The molecule has 0 radical (unpaired) electrons. The number of amides is 1. The average Bonchev–Trinajstić information content (AvgIpc) is 2.51. The standard InChI is InChI=1S/C18H27FN2O3/c1-13-11-21(12-14(2)24-13)8-4-7-20-18(22)10-15-5-6-17(23-3)16(19)9-15/h5-6,9,13-14H,4,7-8,10-12H2,1-3H3,(H,20,22). The van der Waals surface area contributed by atoms with E-state index in [1.54, 1.807) is 12.1 Å². The first-order chi connectivity index (χ1) is 11.5. The van der Waals surface area contributed by atoms with Gasteiger partial charge in [0.2, 0.25) is 5.91 Å². The van der Waals surface area contributed by atoms with E-state index in [0.717, 1.165) is 26.1 Å². The van der Waals surface area contributed by atoms with Crippen molar-refractivity contribution in [2.75, 3.05) is 33.3 Å². The Morgan fingerprint density at radius 1 is 1.38 bits per heavy atom. The van der Waals surface area contributed by atoms with Gasteiger partial charge in [0.25, 0.3) is 0 Å². The molecule has 2 atom stereocenters. The number of ether oxygens (including phenoxy) is 2. The van der Waals surface area contributed by atoms with Crippen molar-refractivity contribution in [3.05, 3.63) is 29.6 Å². The largest absolute Gasteiger partial charge is 0.494 e. The predicted octanol–water partition coefficient (Wildman–Crippen LogP) is 1.99. The van der Waals surface area contributed by atoms with Crippen LogP contribution in [0.1, 0.15) is 25.8 Å². The monoisotopic (exact) mass is 338 g/mol. The maximum atomic E-state index is 13.6. The van der Waals surface area contributed by atoms with E-state index in [0.29, 0.717) is 12.1 Å². The van der Waals surface area contributed by atoms with Crippen LogP contribution in [0.3, 0.4) is 0 Å². The molecule has 134 valence electrons. The Morgan fingerprint density at radius 2 is 2.08 bits per heavy atom. The lowest BCUT2D eigenvalue weighted by atomic mass is 10.1. The number of hydrogen-bond donors (Lipinski definition) is 1. The van der Waals surface area contributed by atoms with Gasteiger partial charge in [-0.15, -0.1) is 0 Å². The quantitative estimate of drug-likeness (QED) is 0.773. The molecule has 2 unspecified atom stereocenters. The van der Waals surface area contributed by atoms with Gasteiger partial charge in [-0.05, 0) is 38.0 Å². The number of morpholine rings is 1. The SMILES string of the molecule is COc1ccc(CC(=O)NCCCN2CC(C)OC(C)C2)cc1F. The number of carbonyl (C=O) groups excluding carboxylic acids is 1. The summed E-state index contributed by atoms with van der Waals surface area (Å²) in [6.07, 6.45) is 1.58. The molecule has 2 rings (SSSR count). The second-order valence-electron chi connectivity index (χ2n) is 6.37. The third-order valence-corrected chi connectivity index (χ3v) is 4.05. The fraction of sp³-hybridized carbons (Fsp3) is 0.611. The highest BCUT2D eigenvalue weighted by Crippen LogP contribution is 2.17. The van der Waals surface area contributed by atoms with Gasteiger partial charge in [-0.2, -0.15) is 0 Å². The van der Waals surface area contributed by atoms with E-state index in [-0.39, 0.29) is 30.3 Å². The highest BCUT2D eigenvalue weighted by molar-refractivity contribution is 5.78. The zero-order valence-electron chi connectivity index (χ0n) is 14.7. The number of nitrogens with one attached hydrogen (secondary N) is 1. The minimum atomic E-state index is -0.446. The van der Waals surface area contributed by atoms with Gasteiger partial charge in [-0.3, -0.25) is 9.69 Å². The Balaban J connectivity index is 1.67. The number of methoxy groups -OCH3 is 1. The van der Waals surface area contributed by atoms with E-state index in [4.69, 9.17) is 9.47 Å². The van der Waals surface area contributed by atoms with Gasteiger partial charge in [0.05, 0.1) is 25.7 Å². The normalized spacial score (nSPS) is 21.5. The molecule has 0 spiro atoms. The number of rotatable bonds is 7. The van der Waals surface area contributed by atoms with E-state index in [2.05, 4.69) is 24.1 Å². The maximum Gasteiger partial charge on any atom is 0.224 e. The van der Waals surface area contributed by atoms with Gasteiger partial charge in [0.1, 0.15) is 0 Å². The van der Waals surface area contributed by atoms with Gasteiger partial charge in [-0.25, -0.2) is 4.39 Å². The molecular weight excluding hydrogens is 311 g/mol. The van der Waals surface area contributed by atoms with Crippen molar-refractivity contribution in [1.29, 1.82) is 0 Å². The Bertz CT molecular complexity index is 543. The van der Waals surface area contributed by atoms with Gasteiger partial charge in [-0.1, -0.05) is 6.07 Å². The Kier molecular flexibility index (Phi) is 6.99. The summed E-state index contributed by atoms with van der Waals surface area (Å²) in [5.74, 6) is -0.352. The summed E-state index contributed by atoms with van der Waals surface area (Å²) in [5.41, 5.74) is 0.640. The lowest BCUT2D eigenvalue weighted by Gasteiger charge is -2.35. The highest BCUT2D eigenvalue weighted by atomic mass is 19.1. The van der Waals surface area contributed by atoms with Gasteiger partial charge in [0.15, 0.2) is 11.6 Å². The van der Waals surface area contributed by atoms with Crippen LogP contribution in [-0.2, 0) is 16.0 Å². The lowest BCUT2D eigenvalue weighted by molar-refractivity contribution is -0.120. The summed E-state index contributed by atoms with van der Waals surface area (Å²) < 4.78 is 24.2. The minimum absolute atomic E-state index is 0.0942. The van der Waals surface area contributed by atoms with Gasteiger partial charge < -0.3 is 14.8 Å². The highest BCUT2D eigenvalue weighted by Gasteiger charge is 2.21. The molecule has 5 nitrogen and oxygen atoms in total. The topological polar surface area (TPSA) is 50.8 Å².